The quantitative estimate of drug-likeness (QED) is 0.179. The van der Waals surface area contributed by atoms with Gasteiger partial charge in [-0.3, -0.25) is 8.42 Å². The molecular formula is C25H26BrMgNO7S. The number of carbonyl (C=O) groups excluding carboxylic acids is 1. The first-order chi connectivity index (χ1) is 16.3. The predicted octanol–water partition coefficient (Wildman–Crippen LogP) is 4.88. The molecule has 3 aromatic rings. The largest absolute Gasteiger partial charge is 2.00 e. The molecule has 188 valence electrons. The smallest absolute Gasteiger partial charge is 0.759 e. The SMILES string of the molecule is CC(C)(C)OC(=O)c1ccc(NCc2cc(Br)ccc2OCc2ccccc2)cc1.O=S(=O)([O-])[O-].[Mg+2]. The van der Waals surface area contributed by atoms with Crippen molar-refractivity contribution in [2.75, 3.05) is 5.32 Å². The first kappa shape index (κ1) is 31.9. The van der Waals surface area contributed by atoms with E-state index in [9.17, 15) is 4.79 Å². The van der Waals surface area contributed by atoms with Crippen molar-refractivity contribution in [1.82, 2.24) is 0 Å². The van der Waals surface area contributed by atoms with Gasteiger partial charge >= 0.3 is 29.0 Å². The van der Waals surface area contributed by atoms with Gasteiger partial charge in [-0.05, 0) is 68.8 Å². The van der Waals surface area contributed by atoms with Crippen LogP contribution in [-0.2, 0) is 28.3 Å². The Morgan fingerprint density at radius 3 is 2.11 bits per heavy atom. The molecule has 0 atom stereocenters. The van der Waals surface area contributed by atoms with E-state index in [-0.39, 0.29) is 29.0 Å². The monoisotopic (exact) mass is 587 g/mol. The molecule has 3 rings (SSSR count). The van der Waals surface area contributed by atoms with Crippen molar-refractivity contribution in [2.45, 2.75) is 39.5 Å². The van der Waals surface area contributed by atoms with Crippen LogP contribution in [0.15, 0.2) is 77.3 Å². The zero-order valence-electron chi connectivity index (χ0n) is 20.2. The maximum atomic E-state index is 12.2. The van der Waals surface area contributed by atoms with Crippen LogP contribution >= 0.6 is 15.9 Å². The van der Waals surface area contributed by atoms with Crippen LogP contribution in [0, 0.1) is 0 Å². The Labute approximate surface area is 236 Å². The van der Waals surface area contributed by atoms with Gasteiger partial charge in [0.1, 0.15) is 18.0 Å². The standard InChI is InChI=1S/C25H26BrNO3.Mg.H2O4S/c1-25(2,3)30-24(28)19-9-12-22(13-10-19)27-16-20-15-21(26)11-14-23(20)29-17-18-7-5-4-6-8-18;;1-5(2,3)4/h4-15,27H,16-17H2,1-3H3;;(H2,1,2,3,4)/q;+2;/p-2. The Kier molecular flexibility index (Phi) is 12.9. The molecule has 0 spiro atoms. The molecule has 0 saturated heterocycles. The summed E-state index contributed by atoms with van der Waals surface area (Å²) in [5, 5.41) is 3.39. The van der Waals surface area contributed by atoms with Crippen molar-refractivity contribution >= 4 is 61.0 Å². The molecule has 0 amide bonds. The number of benzene rings is 3. The van der Waals surface area contributed by atoms with E-state index in [1.807, 2.05) is 81.4 Å². The maximum Gasteiger partial charge on any atom is 2.00 e. The molecule has 0 fully saturated rings. The number of hydrogen-bond acceptors (Lipinski definition) is 8. The second-order valence-corrected chi connectivity index (χ2v) is 10.1. The Morgan fingerprint density at radius 2 is 1.56 bits per heavy atom. The average Bonchev–Trinajstić information content (AvgIpc) is 2.76. The van der Waals surface area contributed by atoms with Crippen molar-refractivity contribution in [2.24, 2.45) is 0 Å². The summed E-state index contributed by atoms with van der Waals surface area (Å²) in [7, 11) is -5.17. The first-order valence-corrected chi connectivity index (χ1v) is 12.6. The molecule has 11 heteroatoms. The predicted molar refractivity (Wildman–Crippen MR) is 140 cm³/mol. The Hall–Kier alpha value is -2.15. The second kappa shape index (κ2) is 14.6. The van der Waals surface area contributed by atoms with E-state index in [1.54, 1.807) is 12.1 Å². The van der Waals surface area contributed by atoms with Gasteiger partial charge in [0.25, 0.3) is 0 Å². The maximum absolute atomic E-state index is 12.2. The number of nitrogens with one attached hydrogen (secondary N) is 1. The summed E-state index contributed by atoms with van der Waals surface area (Å²) in [4.78, 5) is 12.2. The van der Waals surface area contributed by atoms with Gasteiger partial charge in [0, 0.05) is 32.7 Å². The number of halogens is 1. The molecule has 3 aromatic carbocycles. The van der Waals surface area contributed by atoms with E-state index < -0.39 is 16.0 Å². The zero-order valence-corrected chi connectivity index (χ0v) is 24.0. The van der Waals surface area contributed by atoms with E-state index in [4.69, 9.17) is 27.0 Å². The minimum absolute atomic E-state index is 0. The number of hydrogen-bond donors (Lipinski definition) is 1. The summed E-state index contributed by atoms with van der Waals surface area (Å²) in [6.45, 7) is 6.68. The fourth-order valence-electron chi connectivity index (χ4n) is 2.82. The summed E-state index contributed by atoms with van der Waals surface area (Å²) in [6.07, 6.45) is 0. The first-order valence-electron chi connectivity index (χ1n) is 10.5. The molecule has 0 radical (unpaired) electrons. The van der Waals surface area contributed by atoms with Crippen LogP contribution in [0.25, 0.3) is 0 Å². The van der Waals surface area contributed by atoms with Gasteiger partial charge < -0.3 is 23.9 Å². The molecule has 0 unspecified atom stereocenters. The van der Waals surface area contributed by atoms with Crippen LogP contribution in [0.1, 0.15) is 42.3 Å². The van der Waals surface area contributed by atoms with Crippen molar-refractivity contribution in [3.63, 3.8) is 0 Å². The molecule has 0 aromatic heterocycles. The Bertz CT molecular complexity index is 1210. The van der Waals surface area contributed by atoms with E-state index in [1.165, 1.54) is 0 Å². The fourth-order valence-corrected chi connectivity index (χ4v) is 3.23. The summed E-state index contributed by atoms with van der Waals surface area (Å²) >= 11 is 3.53. The molecular weight excluding hydrogens is 563 g/mol. The van der Waals surface area contributed by atoms with Crippen LogP contribution < -0.4 is 10.1 Å². The molecule has 0 saturated carbocycles. The average molecular weight is 589 g/mol. The van der Waals surface area contributed by atoms with Crippen LogP contribution in [0.5, 0.6) is 5.75 Å². The molecule has 0 heterocycles. The molecule has 0 aliphatic heterocycles. The summed E-state index contributed by atoms with van der Waals surface area (Å²) in [5.74, 6) is 0.512. The third kappa shape index (κ3) is 13.2. The third-order valence-corrected chi connectivity index (χ3v) is 4.76. The van der Waals surface area contributed by atoms with E-state index in [2.05, 4.69) is 21.2 Å². The third-order valence-electron chi connectivity index (χ3n) is 4.26. The molecule has 0 aliphatic carbocycles. The van der Waals surface area contributed by atoms with Crippen molar-refractivity contribution in [3.8, 4) is 5.75 Å². The van der Waals surface area contributed by atoms with Gasteiger partial charge in [-0.1, -0.05) is 46.3 Å². The second-order valence-electron chi connectivity index (χ2n) is 8.37. The van der Waals surface area contributed by atoms with Crippen LogP contribution in [-0.4, -0.2) is 52.1 Å². The number of esters is 1. The Balaban J connectivity index is 0.000000983. The number of carbonyl (C=O) groups is 1. The van der Waals surface area contributed by atoms with Gasteiger partial charge in [-0.2, -0.15) is 0 Å². The Morgan fingerprint density at radius 1 is 0.972 bits per heavy atom. The molecule has 1 N–H and O–H groups in total. The van der Waals surface area contributed by atoms with E-state index in [0.717, 1.165) is 27.0 Å². The minimum Gasteiger partial charge on any atom is -0.759 e. The van der Waals surface area contributed by atoms with Crippen LogP contribution in [0.3, 0.4) is 0 Å². The normalized spacial score (nSPS) is 10.8. The van der Waals surface area contributed by atoms with Crippen LogP contribution in [0.4, 0.5) is 5.69 Å². The van der Waals surface area contributed by atoms with Gasteiger partial charge in [0.2, 0.25) is 0 Å². The topological polar surface area (TPSA) is 128 Å². The molecule has 36 heavy (non-hydrogen) atoms. The molecule has 0 aliphatic rings. The van der Waals surface area contributed by atoms with Crippen molar-refractivity contribution in [3.05, 3.63) is 94.0 Å². The van der Waals surface area contributed by atoms with Crippen molar-refractivity contribution in [1.29, 1.82) is 0 Å². The fraction of sp³-hybridized carbons (Fsp3) is 0.240. The summed E-state index contributed by atoms with van der Waals surface area (Å²) in [5.41, 5.74) is 3.10. The zero-order chi connectivity index (χ0) is 26.1. The number of ether oxygens (including phenoxy) is 2. The molecule has 8 nitrogen and oxygen atoms in total. The summed E-state index contributed by atoms with van der Waals surface area (Å²) < 4.78 is 46.5. The van der Waals surface area contributed by atoms with Crippen LogP contribution in [0.2, 0.25) is 0 Å². The van der Waals surface area contributed by atoms with Gasteiger partial charge in [0.15, 0.2) is 0 Å². The minimum atomic E-state index is -5.17. The summed E-state index contributed by atoms with van der Waals surface area (Å²) in [6, 6.07) is 23.4. The van der Waals surface area contributed by atoms with Gasteiger partial charge in [0.05, 0.1) is 5.56 Å². The van der Waals surface area contributed by atoms with Gasteiger partial charge in [-0.25, -0.2) is 4.79 Å². The molecule has 0 bridgehead atoms. The van der Waals surface area contributed by atoms with Gasteiger partial charge in [-0.15, -0.1) is 0 Å². The van der Waals surface area contributed by atoms with E-state index in [0.29, 0.717) is 18.7 Å². The number of anilines is 1. The van der Waals surface area contributed by atoms with Crippen molar-refractivity contribution < 1.29 is 31.8 Å². The van der Waals surface area contributed by atoms with E-state index >= 15 is 0 Å². The number of rotatable bonds is 7.